The van der Waals surface area contributed by atoms with Gasteiger partial charge in [0.1, 0.15) is 6.42 Å². The second kappa shape index (κ2) is 5.49. The predicted molar refractivity (Wildman–Crippen MR) is 75.1 cm³/mol. The minimum Gasteiger partial charge on any atom is -0.305 e. The van der Waals surface area contributed by atoms with Crippen LogP contribution in [0.1, 0.15) is 23.4 Å². The Labute approximate surface area is 116 Å². The number of aryl methyl sites for hydroxylation is 2. The van der Waals surface area contributed by atoms with E-state index in [0.29, 0.717) is 6.54 Å². The van der Waals surface area contributed by atoms with Crippen LogP contribution in [-0.2, 0) is 11.8 Å². The first-order chi connectivity index (χ1) is 9.04. The largest absolute Gasteiger partial charge is 0.305 e. The minimum atomic E-state index is -0.127. The molecule has 0 saturated carbocycles. The molecule has 1 aliphatic rings. The Morgan fingerprint density at radius 3 is 2.89 bits per heavy atom. The summed E-state index contributed by atoms with van der Waals surface area (Å²) in [6.45, 7) is 4.64. The van der Waals surface area contributed by atoms with E-state index >= 15 is 0 Å². The van der Waals surface area contributed by atoms with E-state index in [2.05, 4.69) is 5.10 Å². The molecule has 1 amide bonds. The highest BCUT2D eigenvalue weighted by molar-refractivity contribution is 8.03. The van der Waals surface area contributed by atoms with Crippen LogP contribution in [0.15, 0.2) is 5.03 Å². The highest BCUT2D eigenvalue weighted by Gasteiger charge is 2.24. The fourth-order valence-electron chi connectivity index (χ4n) is 2.08. The van der Waals surface area contributed by atoms with Gasteiger partial charge in [0.25, 0.3) is 0 Å². The Hall–Kier alpha value is -1.74. The number of carbonyl (C=O) groups excluding carboxylic acids is 1. The maximum absolute atomic E-state index is 11.8. The molecule has 1 saturated heterocycles. The molecule has 2 heterocycles. The first-order valence-electron chi connectivity index (χ1n) is 6.06. The van der Waals surface area contributed by atoms with Crippen LogP contribution in [0.3, 0.4) is 0 Å². The molecule has 0 radical (unpaired) electrons. The van der Waals surface area contributed by atoms with Crippen LogP contribution >= 0.6 is 11.8 Å². The number of amides is 1. The summed E-state index contributed by atoms with van der Waals surface area (Å²) in [4.78, 5) is 13.5. The van der Waals surface area contributed by atoms with Crippen molar-refractivity contribution in [2.45, 2.75) is 20.3 Å². The summed E-state index contributed by atoms with van der Waals surface area (Å²) in [5, 5.41) is 13.9. The summed E-state index contributed by atoms with van der Waals surface area (Å²) in [6.07, 6.45) is 1.94. The molecule has 1 aromatic rings. The van der Waals surface area contributed by atoms with Crippen LogP contribution in [-0.4, -0.2) is 32.9 Å². The van der Waals surface area contributed by atoms with E-state index in [-0.39, 0.29) is 12.3 Å². The van der Waals surface area contributed by atoms with Crippen molar-refractivity contribution >= 4 is 23.7 Å². The van der Waals surface area contributed by atoms with Gasteiger partial charge in [0, 0.05) is 30.6 Å². The number of hydrogen-bond acceptors (Lipinski definition) is 4. The smallest absolute Gasteiger partial charge is 0.241 e. The molecule has 0 aromatic carbocycles. The topological polar surface area (TPSA) is 61.9 Å². The zero-order valence-corrected chi connectivity index (χ0v) is 12.1. The van der Waals surface area contributed by atoms with Crippen molar-refractivity contribution in [3.63, 3.8) is 0 Å². The Morgan fingerprint density at radius 1 is 1.58 bits per heavy atom. The molecule has 2 rings (SSSR count). The van der Waals surface area contributed by atoms with Crippen LogP contribution in [0, 0.1) is 25.2 Å². The summed E-state index contributed by atoms with van der Waals surface area (Å²) in [5.74, 6) is 0.749. The van der Waals surface area contributed by atoms with Gasteiger partial charge in [-0.1, -0.05) is 0 Å². The van der Waals surface area contributed by atoms with Crippen LogP contribution in [0.25, 0.3) is 6.08 Å². The van der Waals surface area contributed by atoms with Crippen molar-refractivity contribution in [2.75, 3.05) is 12.3 Å². The molecule has 1 aromatic heterocycles. The van der Waals surface area contributed by atoms with Crippen molar-refractivity contribution < 1.29 is 4.79 Å². The van der Waals surface area contributed by atoms with E-state index < -0.39 is 0 Å². The van der Waals surface area contributed by atoms with E-state index in [1.807, 2.05) is 37.7 Å². The van der Waals surface area contributed by atoms with Gasteiger partial charge in [-0.05, 0) is 19.9 Å². The summed E-state index contributed by atoms with van der Waals surface area (Å²) >= 11 is 1.65. The van der Waals surface area contributed by atoms with E-state index in [1.165, 1.54) is 0 Å². The highest BCUT2D eigenvalue weighted by Crippen LogP contribution is 2.31. The molecular formula is C13H16N4OS. The normalized spacial score (nSPS) is 16.9. The number of hydrogen-bond donors (Lipinski definition) is 0. The number of rotatable bonds is 2. The zero-order valence-electron chi connectivity index (χ0n) is 11.3. The molecule has 1 fully saturated rings. The summed E-state index contributed by atoms with van der Waals surface area (Å²) < 4.78 is 1.84. The third kappa shape index (κ3) is 2.66. The monoisotopic (exact) mass is 276 g/mol. The number of nitriles is 1. The van der Waals surface area contributed by atoms with Gasteiger partial charge in [0.15, 0.2) is 0 Å². The second-order valence-corrected chi connectivity index (χ2v) is 5.53. The standard InChI is InChI=1S/C13H16N4OS/c1-9-11(10(2)16(3)15-9)8-13-17(6-7-19-13)12(18)4-5-14/h8H,4,6-7H2,1-3H3/b13-8+. The Bertz CT molecular complexity index is 582. The molecule has 0 atom stereocenters. The molecule has 100 valence electrons. The summed E-state index contributed by atoms with van der Waals surface area (Å²) in [5.41, 5.74) is 3.08. The van der Waals surface area contributed by atoms with Gasteiger partial charge in [0.05, 0.1) is 16.8 Å². The van der Waals surface area contributed by atoms with Crippen LogP contribution in [0.4, 0.5) is 0 Å². The minimum absolute atomic E-state index is 0.0666. The van der Waals surface area contributed by atoms with Gasteiger partial charge < -0.3 is 4.90 Å². The van der Waals surface area contributed by atoms with E-state index in [4.69, 9.17) is 5.26 Å². The number of thioether (sulfide) groups is 1. The SMILES string of the molecule is Cc1nn(C)c(C)c1/C=C1/SCCN1C(=O)CC#N. The summed E-state index contributed by atoms with van der Waals surface area (Å²) in [7, 11) is 1.91. The molecular weight excluding hydrogens is 260 g/mol. The Kier molecular flexibility index (Phi) is 3.96. The van der Waals surface area contributed by atoms with Gasteiger partial charge in [-0.25, -0.2) is 0 Å². The highest BCUT2D eigenvalue weighted by atomic mass is 32.2. The fraction of sp³-hybridized carbons (Fsp3) is 0.462. The Balaban J connectivity index is 2.32. The fourth-order valence-corrected chi connectivity index (χ4v) is 3.12. The zero-order chi connectivity index (χ0) is 14.0. The molecule has 0 bridgehead atoms. The van der Waals surface area contributed by atoms with Crippen molar-refractivity contribution in [3.05, 3.63) is 22.0 Å². The quantitative estimate of drug-likeness (QED) is 0.826. The first-order valence-corrected chi connectivity index (χ1v) is 7.05. The first kappa shape index (κ1) is 13.7. The maximum Gasteiger partial charge on any atom is 0.241 e. The van der Waals surface area contributed by atoms with E-state index in [9.17, 15) is 4.79 Å². The molecule has 1 aliphatic heterocycles. The van der Waals surface area contributed by atoms with Crippen molar-refractivity contribution in [1.29, 1.82) is 5.26 Å². The molecule has 0 unspecified atom stereocenters. The average Bonchev–Trinajstić information content (AvgIpc) is 2.91. The van der Waals surface area contributed by atoms with E-state index in [1.54, 1.807) is 16.7 Å². The van der Waals surface area contributed by atoms with Crippen LogP contribution in [0.2, 0.25) is 0 Å². The van der Waals surface area contributed by atoms with Gasteiger partial charge in [-0.3, -0.25) is 9.48 Å². The van der Waals surface area contributed by atoms with Gasteiger partial charge in [-0.15, -0.1) is 11.8 Å². The van der Waals surface area contributed by atoms with Gasteiger partial charge >= 0.3 is 0 Å². The molecule has 0 aliphatic carbocycles. The average molecular weight is 276 g/mol. The lowest BCUT2D eigenvalue weighted by Gasteiger charge is -2.15. The lowest BCUT2D eigenvalue weighted by atomic mass is 10.2. The predicted octanol–water partition coefficient (Wildman–Crippen LogP) is 1.82. The van der Waals surface area contributed by atoms with Crippen molar-refractivity contribution in [2.24, 2.45) is 7.05 Å². The molecule has 0 N–H and O–H groups in total. The molecule has 5 nitrogen and oxygen atoms in total. The van der Waals surface area contributed by atoms with Gasteiger partial charge in [0.2, 0.25) is 5.91 Å². The van der Waals surface area contributed by atoms with E-state index in [0.717, 1.165) is 27.7 Å². The lowest BCUT2D eigenvalue weighted by Crippen LogP contribution is -2.25. The van der Waals surface area contributed by atoms with Crippen LogP contribution in [0.5, 0.6) is 0 Å². The van der Waals surface area contributed by atoms with Crippen molar-refractivity contribution in [3.8, 4) is 6.07 Å². The number of nitrogens with zero attached hydrogens (tertiary/aromatic N) is 4. The van der Waals surface area contributed by atoms with Crippen LogP contribution < -0.4 is 0 Å². The second-order valence-electron chi connectivity index (χ2n) is 4.42. The maximum atomic E-state index is 11.8. The number of aromatic nitrogens is 2. The third-order valence-corrected chi connectivity index (χ3v) is 4.22. The Morgan fingerprint density at radius 2 is 2.32 bits per heavy atom. The summed E-state index contributed by atoms with van der Waals surface area (Å²) in [6, 6.07) is 1.91. The molecule has 0 spiro atoms. The molecule has 6 heteroatoms. The number of carbonyl (C=O) groups is 1. The van der Waals surface area contributed by atoms with Crippen molar-refractivity contribution in [1.82, 2.24) is 14.7 Å². The third-order valence-electron chi connectivity index (χ3n) is 3.20. The van der Waals surface area contributed by atoms with Gasteiger partial charge in [-0.2, -0.15) is 10.4 Å². The molecule has 19 heavy (non-hydrogen) atoms. The lowest BCUT2D eigenvalue weighted by molar-refractivity contribution is -0.127.